The van der Waals surface area contributed by atoms with E-state index in [1.54, 1.807) is 0 Å². The molecule has 0 saturated heterocycles. The number of nitrogens with zero attached hydrogens (tertiary/aromatic N) is 3. The highest BCUT2D eigenvalue weighted by Crippen LogP contribution is 2.38. The highest BCUT2D eigenvalue weighted by Gasteiger charge is 2.16. The summed E-state index contributed by atoms with van der Waals surface area (Å²) in [5, 5.41) is 9.49. The highest BCUT2D eigenvalue weighted by atomic mass is 32.1. The van der Waals surface area contributed by atoms with Gasteiger partial charge in [-0.1, -0.05) is 91.0 Å². The molecule has 0 fully saturated rings. The lowest BCUT2D eigenvalue weighted by Gasteiger charge is -2.14. The largest absolute Gasteiger partial charge is 0.456 e. The minimum absolute atomic E-state index is 0.863. The fraction of sp³-hybridized carbons (Fsp3) is 0. The minimum Gasteiger partial charge on any atom is -0.456 e. The normalized spacial score (nSPS) is 12.1. The van der Waals surface area contributed by atoms with Gasteiger partial charge in [-0.15, -0.1) is 11.3 Å². The molecule has 4 aromatic heterocycles. The molecule has 0 spiro atoms. The fourth-order valence-electron chi connectivity index (χ4n) is 9.38. The molecule has 0 aliphatic carbocycles. The second kappa shape index (κ2) is 12.4. The maximum Gasteiger partial charge on any atom is 0.135 e. The summed E-state index contributed by atoms with van der Waals surface area (Å²) in [6.45, 7) is 0. The van der Waals surface area contributed by atoms with Crippen LogP contribution in [0.4, 0.5) is 0 Å². The smallest absolute Gasteiger partial charge is 0.135 e. The Kier molecular flexibility index (Phi) is 6.85. The number of hydrogen-bond acceptors (Lipinski definition) is 2. The lowest BCUT2D eigenvalue weighted by atomic mass is 10.1. The Hall–Kier alpha value is -7.60. The molecule has 0 atom stereocenters. The van der Waals surface area contributed by atoms with Crippen molar-refractivity contribution in [2.24, 2.45) is 0 Å². The Morgan fingerprint density at radius 3 is 1.58 bits per heavy atom. The maximum atomic E-state index is 6.56. The van der Waals surface area contributed by atoms with E-state index in [2.05, 4.69) is 214 Å². The van der Waals surface area contributed by atoms with Crippen molar-refractivity contribution in [1.29, 1.82) is 0 Å². The first-order valence-electron chi connectivity index (χ1n) is 20.0. The lowest BCUT2D eigenvalue weighted by molar-refractivity contribution is 0.669. The van der Waals surface area contributed by atoms with Gasteiger partial charge in [-0.25, -0.2) is 0 Å². The molecule has 59 heavy (non-hydrogen) atoms. The molecule has 276 valence electrons. The van der Waals surface area contributed by atoms with Crippen LogP contribution in [0.3, 0.4) is 0 Å². The van der Waals surface area contributed by atoms with E-state index in [1.165, 1.54) is 36.5 Å². The van der Waals surface area contributed by atoms with E-state index in [9.17, 15) is 0 Å². The summed E-state index contributed by atoms with van der Waals surface area (Å²) in [7, 11) is 0. The van der Waals surface area contributed by atoms with Crippen molar-refractivity contribution in [3.63, 3.8) is 0 Å². The zero-order valence-corrected chi connectivity index (χ0v) is 32.5. The van der Waals surface area contributed by atoms with E-state index < -0.39 is 0 Å². The molecular weight excluding hydrogens is 739 g/mol. The predicted molar refractivity (Wildman–Crippen MR) is 250 cm³/mol. The van der Waals surface area contributed by atoms with Crippen molar-refractivity contribution < 1.29 is 4.42 Å². The molecule has 13 rings (SSSR count). The van der Waals surface area contributed by atoms with E-state index in [-0.39, 0.29) is 0 Å². The van der Waals surface area contributed by atoms with Crippen LogP contribution in [0.2, 0.25) is 0 Å². The standard InChI is InChI=1S/C54H33N3OS/c1-2-12-36(13-3-1)57-49-18-6-4-16-43(49)44-24-20-41(32-50(44)57)55-37-14-8-10-34(28-37)35-11-9-15-38(29-35)56(42-21-25-46-45-17-5-7-19-53(45)59-54(46)33-42)40-23-27-52-48(31-40)47-30-39(55)22-26-51(47)58-52/h1-33H. The molecule has 13 aromatic rings. The molecule has 4 nitrogen and oxygen atoms in total. The van der Waals surface area contributed by atoms with Crippen molar-refractivity contribution >= 4 is 108 Å². The van der Waals surface area contributed by atoms with Gasteiger partial charge < -0.3 is 18.1 Å². The summed E-state index contributed by atoms with van der Waals surface area (Å²) in [5.41, 5.74) is 11.7. The molecule has 0 radical (unpaired) electrons. The SMILES string of the molecule is c1ccc(-n2c3ccccc3c3ccc(-n4c5cccc(c5)c5cccc(c5)n(-c5ccc6c(c5)sc5ccccc56)c5ccc6oc7ccc4cc7c6c5)cc32)cc1. The van der Waals surface area contributed by atoms with Gasteiger partial charge in [0.1, 0.15) is 11.2 Å². The van der Waals surface area contributed by atoms with E-state index in [4.69, 9.17) is 4.42 Å². The molecule has 9 aromatic carbocycles. The van der Waals surface area contributed by atoms with Crippen molar-refractivity contribution in [3.8, 4) is 17.1 Å². The second-order valence-electron chi connectivity index (χ2n) is 15.4. The van der Waals surface area contributed by atoms with Crippen LogP contribution in [0.15, 0.2) is 205 Å². The van der Waals surface area contributed by atoms with Crippen LogP contribution in [0.1, 0.15) is 0 Å². The summed E-state index contributed by atoms with van der Waals surface area (Å²) in [4.78, 5) is 0. The van der Waals surface area contributed by atoms with E-state index >= 15 is 0 Å². The molecule has 0 unspecified atom stereocenters. The minimum atomic E-state index is 0.863. The van der Waals surface area contributed by atoms with Gasteiger partial charge in [-0.2, -0.15) is 0 Å². The number of fused-ring (bicyclic) bond motifs is 13. The van der Waals surface area contributed by atoms with E-state index in [0.29, 0.717) is 0 Å². The molecule has 0 amide bonds. The van der Waals surface area contributed by atoms with Crippen LogP contribution in [0, 0.1) is 0 Å². The molecule has 5 heteroatoms. The van der Waals surface area contributed by atoms with Gasteiger partial charge in [-0.05, 0) is 120 Å². The number of para-hydroxylation sites is 2. The fourth-order valence-corrected chi connectivity index (χ4v) is 10.5. The zero-order chi connectivity index (χ0) is 38.6. The number of rotatable bonds is 3. The first-order valence-corrected chi connectivity index (χ1v) is 20.8. The Bertz CT molecular complexity index is 3910. The van der Waals surface area contributed by atoms with Crippen LogP contribution >= 0.6 is 11.3 Å². The van der Waals surface area contributed by atoms with Crippen molar-refractivity contribution in [2.75, 3.05) is 0 Å². The Morgan fingerprint density at radius 2 is 0.864 bits per heavy atom. The van der Waals surface area contributed by atoms with Gasteiger partial charge in [0, 0.05) is 80.8 Å². The second-order valence-corrected chi connectivity index (χ2v) is 16.5. The van der Waals surface area contributed by atoms with Gasteiger partial charge in [-0.3, -0.25) is 0 Å². The molecule has 0 aliphatic rings. The molecular formula is C54H33N3OS. The third kappa shape index (κ3) is 4.95. The maximum absolute atomic E-state index is 6.56. The van der Waals surface area contributed by atoms with Crippen LogP contribution in [-0.2, 0) is 0 Å². The van der Waals surface area contributed by atoms with Crippen LogP contribution in [0.25, 0.3) is 114 Å². The average Bonchev–Trinajstić information content (AvgIpc) is 3.96. The van der Waals surface area contributed by atoms with Crippen molar-refractivity contribution in [2.45, 2.75) is 0 Å². The summed E-state index contributed by atoms with van der Waals surface area (Å²) in [6, 6.07) is 73.0. The number of thiophene rings is 1. The third-order valence-electron chi connectivity index (χ3n) is 12.0. The summed E-state index contributed by atoms with van der Waals surface area (Å²) < 4.78 is 16.3. The molecule has 4 heterocycles. The Morgan fingerprint density at radius 1 is 0.305 bits per heavy atom. The van der Waals surface area contributed by atoms with Gasteiger partial charge in [0.25, 0.3) is 0 Å². The van der Waals surface area contributed by atoms with Gasteiger partial charge in [0.2, 0.25) is 0 Å². The third-order valence-corrected chi connectivity index (χ3v) is 13.2. The zero-order valence-electron chi connectivity index (χ0n) is 31.7. The quantitative estimate of drug-likeness (QED) is 0.176. The van der Waals surface area contributed by atoms with E-state index in [0.717, 1.165) is 77.4 Å². The monoisotopic (exact) mass is 771 g/mol. The van der Waals surface area contributed by atoms with E-state index in [1.807, 2.05) is 11.3 Å². The topological polar surface area (TPSA) is 27.9 Å². The van der Waals surface area contributed by atoms with Crippen LogP contribution in [0.5, 0.6) is 0 Å². The summed E-state index contributed by atoms with van der Waals surface area (Å²) >= 11 is 1.85. The Labute approximate surface area is 341 Å². The molecule has 8 bridgehead atoms. The molecule has 0 saturated carbocycles. The van der Waals surface area contributed by atoms with Crippen LogP contribution < -0.4 is 0 Å². The number of furan rings is 1. The van der Waals surface area contributed by atoms with Gasteiger partial charge in [0.15, 0.2) is 0 Å². The predicted octanol–water partition coefficient (Wildman–Crippen LogP) is 15.2. The first-order chi connectivity index (χ1) is 29.2. The lowest BCUT2D eigenvalue weighted by Crippen LogP contribution is -1.99. The summed E-state index contributed by atoms with van der Waals surface area (Å²) in [5.74, 6) is 0. The number of hydrogen-bond donors (Lipinski definition) is 0. The highest BCUT2D eigenvalue weighted by molar-refractivity contribution is 7.25. The first kappa shape index (κ1) is 32.5. The number of aromatic nitrogens is 3. The van der Waals surface area contributed by atoms with Crippen molar-refractivity contribution in [1.82, 2.24) is 13.7 Å². The van der Waals surface area contributed by atoms with Crippen molar-refractivity contribution in [3.05, 3.63) is 200 Å². The van der Waals surface area contributed by atoms with Crippen LogP contribution in [-0.4, -0.2) is 13.7 Å². The number of benzene rings is 9. The summed E-state index contributed by atoms with van der Waals surface area (Å²) in [6.07, 6.45) is 0. The van der Waals surface area contributed by atoms with Gasteiger partial charge in [0.05, 0.1) is 11.0 Å². The molecule has 0 N–H and O–H groups in total. The van der Waals surface area contributed by atoms with Gasteiger partial charge >= 0.3 is 0 Å². The Balaban J connectivity index is 1.14. The average molecular weight is 772 g/mol. The molecule has 0 aliphatic heterocycles.